The van der Waals surface area contributed by atoms with E-state index in [2.05, 4.69) is 15.9 Å². The highest BCUT2D eigenvalue weighted by Crippen LogP contribution is 2.28. The minimum atomic E-state index is -0.894. The summed E-state index contributed by atoms with van der Waals surface area (Å²) in [6, 6.07) is 1.62. The normalized spacial score (nSPS) is 15.1. The van der Waals surface area contributed by atoms with E-state index in [0.29, 0.717) is 18.8 Å². The molecule has 1 aliphatic rings. The summed E-state index contributed by atoms with van der Waals surface area (Å²) in [5.74, 6) is -0.111. The van der Waals surface area contributed by atoms with Gasteiger partial charge in [0.15, 0.2) is 0 Å². The molecule has 1 fully saturated rings. The van der Waals surface area contributed by atoms with Crippen LogP contribution >= 0.6 is 15.9 Å². The Kier molecular flexibility index (Phi) is 4.23. The first-order valence-electron chi connectivity index (χ1n) is 5.83. The Bertz CT molecular complexity index is 398. The van der Waals surface area contributed by atoms with Crippen molar-refractivity contribution < 1.29 is 14.6 Å². The van der Waals surface area contributed by atoms with Gasteiger partial charge in [0, 0.05) is 30.4 Å². The summed E-state index contributed by atoms with van der Waals surface area (Å²) in [5.41, 5.74) is 0.319. The lowest BCUT2D eigenvalue weighted by molar-refractivity contribution is 0.0683. The van der Waals surface area contributed by atoms with Crippen molar-refractivity contribution >= 4 is 21.9 Å². The molecule has 0 aliphatic heterocycles. The number of nitrogens with zero attached hydrogens (tertiary/aromatic N) is 1. The molecule has 1 aromatic heterocycles. The van der Waals surface area contributed by atoms with E-state index in [4.69, 9.17) is 9.84 Å². The molecular formula is C12H16BrNO3. The van der Waals surface area contributed by atoms with E-state index in [9.17, 15) is 4.79 Å². The Morgan fingerprint density at radius 2 is 2.35 bits per heavy atom. The molecule has 0 spiro atoms. The Morgan fingerprint density at radius 3 is 3.00 bits per heavy atom. The third kappa shape index (κ3) is 3.85. The molecule has 0 aromatic carbocycles. The second kappa shape index (κ2) is 5.69. The van der Waals surface area contributed by atoms with Crippen molar-refractivity contribution in [3.05, 3.63) is 22.4 Å². The van der Waals surface area contributed by atoms with Crippen molar-refractivity contribution in [1.29, 1.82) is 0 Å². The lowest BCUT2D eigenvalue weighted by Crippen LogP contribution is -2.09. The second-order valence-electron chi connectivity index (χ2n) is 4.41. The number of carboxylic acid groups (broad SMARTS) is 1. The molecule has 0 atom stereocenters. The van der Waals surface area contributed by atoms with Gasteiger partial charge >= 0.3 is 5.97 Å². The Morgan fingerprint density at radius 1 is 1.59 bits per heavy atom. The summed E-state index contributed by atoms with van der Waals surface area (Å²) in [6.45, 7) is 2.24. The van der Waals surface area contributed by atoms with E-state index in [1.165, 1.54) is 12.8 Å². The van der Waals surface area contributed by atoms with Crippen LogP contribution in [-0.4, -0.2) is 28.9 Å². The minimum Gasteiger partial charge on any atom is -0.477 e. The number of aromatic nitrogens is 1. The van der Waals surface area contributed by atoms with Crippen molar-refractivity contribution in [1.82, 2.24) is 4.57 Å². The third-order valence-electron chi connectivity index (χ3n) is 2.82. The van der Waals surface area contributed by atoms with Crippen LogP contribution in [-0.2, 0) is 11.3 Å². The van der Waals surface area contributed by atoms with Gasteiger partial charge in [-0.1, -0.05) is 0 Å². The molecule has 4 nitrogen and oxygen atoms in total. The summed E-state index contributed by atoms with van der Waals surface area (Å²) in [6.07, 6.45) is 5.24. The topological polar surface area (TPSA) is 51.5 Å². The minimum absolute atomic E-state index is 0.319. The molecule has 17 heavy (non-hydrogen) atoms. The van der Waals surface area contributed by atoms with E-state index < -0.39 is 5.97 Å². The highest BCUT2D eigenvalue weighted by Gasteiger charge is 2.20. The maximum atomic E-state index is 10.9. The van der Waals surface area contributed by atoms with E-state index in [1.807, 2.05) is 0 Å². The van der Waals surface area contributed by atoms with Crippen LogP contribution in [0.2, 0.25) is 0 Å². The molecule has 1 N–H and O–H groups in total. The fraction of sp³-hybridized carbons (Fsp3) is 0.583. The monoisotopic (exact) mass is 301 g/mol. The number of aryl methyl sites for hydroxylation is 1. The molecule has 1 saturated carbocycles. The number of carbonyl (C=O) groups is 1. The van der Waals surface area contributed by atoms with Crippen molar-refractivity contribution in [2.24, 2.45) is 5.92 Å². The van der Waals surface area contributed by atoms with Gasteiger partial charge in [-0.15, -0.1) is 0 Å². The van der Waals surface area contributed by atoms with Crippen LogP contribution in [0.1, 0.15) is 29.8 Å². The molecular weight excluding hydrogens is 286 g/mol. The quantitative estimate of drug-likeness (QED) is 0.788. The highest BCUT2D eigenvalue weighted by atomic mass is 79.9. The lowest BCUT2D eigenvalue weighted by atomic mass is 10.4. The van der Waals surface area contributed by atoms with Gasteiger partial charge in [0.1, 0.15) is 5.69 Å². The van der Waals surface area contributed by atoms with Gasteiger partial charge in [-0.25, -0.2) is 4.79 Å². The predicted molar refractivity (Wildman–Crippen MR) is 67.3 cm³/mol. The Labute approximate surface area is 109 Å². The fourth-order valence-corrected chi connectivity index (χ4v) is 2.17. The Balaban J connectivity index is 1.74. The number of aromatic carboxylic acids is 1. The van der Waals surface area contributed by atoms with Gasteiger partial charge in [-0.2, -0.15) is 0 Å². The lowest BCUT2D eigenvalue weighted by Gasteiger charge is -2.06. The van der Waals surface area contributed by atoms with E-state index in [-0.39, 0.29) is 0 Å². The van der Waals surface area contributed by atoms with Crippen LogP contribution in [0.15, 0.2) is 16.7 Å². The number of hydrogen-bond acceptors (Lipinski definition) is 2. The molecule has 0 radical (unpaired) electrons. The number of halogens is 1. The average Bonchev–Trinajstić information content (AvgIpc) is 3.01. The summed E-state index contributed by atoms with van der Waals surface area (Å²) >= 11 is 3.29. The zero-order chi connectivity index (χ0) is 12.3. The molecule has 5 heteroatoms. The zero-order valence-corrected chi connectivity index (χ0v) is 11.1. The first-order chi connectivity index (χ1) is 8.16. The van der Waals surface area contributed by atoms with Gasteiger partial charge in [0.25, 0.3) is 0 Å². The van der Waals surface area contributed by atoms with Gasteiger partial charge in [0.05, 0.1) is 0 Å². The molecule has 0 saturated heterocycles. The molecule has 94 valence electrons. The van der Waals surface area contributed by atoms with Crippen LogP contribution in [0.25, 0.3) is 0 Å². The summed E-state index contributed by atoms with van der Waals surface area (Å²) in [7, 11) is 0. The first-order valence-corrected chi connectivity index (χ1v) is 6.63. The van der Waals surface area contributed by atoms with Crippen LogP contribution in [0.4, 0.5) is 0 Å². The van der Waals surface area contributed by atoms with Crippen LogP contribution in [0.3, 0.4) is 0 Å². The highest BCUT2D eigenvalue weighted by molar-refractivity contribution is 9.10. The first kappa shape index (κ1) is 12.6. The summed E-state index contributed by atoms with van der Waals surface area (Å²) in [5, 5.41) is 8.99. The standard InChI is InChI=1S/C12H16BrNO3/c13-10-6-11(12(15)16)14(7-10)4-1-5-17-8-9-2-3-9/h6-7,9H,1-5,8H2,(H,15,16). The van der Waals surface area contributed by atoms with Crippen LogP contribution in [0, 0.1) is 5.92 Å². The second-order valence-corrected chi connectivity index (χ2v) is 5.33. The average molecular weight is 302 g/mol. The third-order valence-corrected chi connectivity index (χ3v) is 3.25. The van der Waals surface area contributed by atoms with Gasteiger partial charge in [-0.05, 0) is 47.2 Å². The molecule has 1 heterocycles. The maximum absolute atomic E-state index is 10.9. The van der Waals surface area contributed by atoms with Crippen molar-refractivity contribution in [2.75, 3.05) is 13.2 Å². The maximum Gasteiger partial charge on any atom is 0.352 e. The molecule has 2 rings (SSSR count). The molecule has 0 bridgehead atoms. The molecule has 1 aromatic rings. The van der Waals surface area contributed by atoms with E-state index in [0.717, 1.165) is 23.4 Å². The van der Waals surface area contributed by atoms with Gasteiger partial charge < -0.3 is 14.4 Å². The Hall–Kier alpha value is -0.810. The van der Waals surface area contributed by atoms with Crippen molar-refractivity contribution in [3.8, 4) is 0 Å². The largest absolute Gasteiger partial charge is 0.477 e. The number of carboxylic acids is 1. The van der Waals surface area contributed by atoms with E-state index >= 15 is 0 Å². The van der Waals surface area contributed by atoms with Crippen molar-refractivity contribution in [2.45, 2.75) is 25.8 Å². The molecule has 0 amide bonds. The SMILES string of the molecule is O=C(O)c1cc(Br)cn1CCCOCC1CC1. The molecule has 1 aliphatic carbocycles. The number of rotatable bonds is 7. The smallest absolute Gasteiger partial charge is 0.352 e. The van der Waals surface area contributed by atoms with Crippen molar-refractivity contribution in [3.63, 3.8) is 0 Å². The van der Waals surface area contributed by atoms with Gasteiger partial charge in [-0.3, -0.25) is 0 Å². The van der Waals surface area contributed by atoms with Gasteiger partial charge in [0.2, 0.25) is 0 Å². The summed E-state index contributed by atoms with van der Waals surface area (Å²) < 4.78 is 8.06. The fourth-order valence-electron chi connectivity index (χ4n) is 1.71. The van der Waals surface area contributed by atoms with E-state index in [1.54, 1.807) is 16.8 Å². The zero-order valence-electron chi connectivity index (χ0n) is 9.56. The number of ether oxygens (including phenoxy) is 1. The molecule has 0 unspecified atom stereocenters. The van der Waals surface area contributed by atoms with Crippen LogP contribution in [0.5, 0.6) is 0 Å². The summed E-state index contributed by atoms with van der Waals surface area (Å²) in [4.78, 5) is 10.9. The number of hydrogen-bond donors (Lipinski definition) is 1. The predicted octanol–water partition coefficient (Wildman–Crippen LogP) is 2.77. The van der Waals surface area contributed by atoms with Crippen LogP contribution < -0.4 is 0 Å².